The molecule has 0 saturated heterocycles. The Morgan fingerprint density at radius 3 is 2.50 bits per heavy atom. The second-order valence-corrected chi connectivity index (χ2v) is 6.27. The molecule has 2 aromatic carbocycles. The fourth-order valence-electron chi connectivity index (χ4n) is 2.22. The van der Waals surface area contributed by atoms with Gasteiger partial charge in [-0.05, 0) is 48.4 Å². The van der Waals surface area contributed by atoms with E-state index in [2.05, 4.69) is 36.5 Å². The van der Waals surface area contributed by atoms with Gasteiger partial charge in [-0.1, -0.05) is 28.1 Å². The molecule has 0 saturated carbocycles. The Morgan fingerprint density at radius 2 is 1.75 bits per heavy atom. The van der Waals surface area contributed by atoms with Gasteiger partial charge in [-0.15, -0.1) is 0 Å². The number of halogens is 2. The van der Waals surface area contributed by atoms with E-state index in [0.717, 1.165) is 21.3 Å². The van der Waals surface area contributed by atoms with Crippen LogP contribution in [0.4, 0.5) is 21.7 Å². The summed E-state index contributed by atoms with van der Waals surface area (Å²) in [6, 6.07) is 14.2. The minimum absolute atomic E-state index is 0.239. The Balaban J connectivity index is 1.68. The second kappa shape index (κ2) is 7.40. The second-order valence-electron chi connectivity index (χ2n) is 5.35. The number of aryl methyl sites for hydroxylation is 1. The molecule has 3 aromatic rings. The number of nitrogens with one attached hydrogen (secondary N) is 2. The van der Waals surface area contributed by atoms with E-state index in [4.69, 9.17) is 0 Å². The van der Waals surface area contributed by atoms with Gasteiger partial charge in [-0.2, -0.15) is 0 Å². The molecule has 0 bridgehead atoms. The average Bonchev–Trinajstić information content (AvgIpc) is 2.57. The zero-order valence-electron chi connectivity index (χ0n) is 13.1. The van der Waals surface area contributed by atoms with E-state index in [9.17, 15) is 4.39 Å². The first-order chi connectivity index (χ1) is 11.6. The van der Waals surface area contributed by atoms with Gasteiger partial charge in [-0.3, -0.25) is 0 Å². The van der Waals surface area contributed by atoms with Crippen LogP contribution in [-0.4, -0.2) is 9.97 Å². The van der Waals surface area contributed by atoms with Crippen LogP contribution in [0.3, 0.4) is 0 Å². The first-order valence-electron chi connectivity index (χ1n) is 7.44. The van der Waals surface area contributed by atoms with Crippen molar-refractivity contribution >= 4 is 33.3 Å². The molecule has 0 radical (unpaired) electrons. The summed E-state index contributed by atoms with van der Waals surface area (Å²) in [5.74, 6) is 1.17. The Hall–Kier alpha value is -2.47. The highest BCUT2D eigenvalue weighted by Crippen LogP contribution is 2.23. The molecule has 4 nitrogen and oxygen atoms in total. The van der Waals surface area contributed by atoms with Crippen molar-refractivity contribution in [3.05, 3.63) is 76.3 Å². The normalized spacial score (nSPS) is 10.5. The third kappa shape index (κ3) is 4.29. The summed E-state index contributed by atoms with van der Waals surface area (Å²) in [5, 5.41) is 6.49. The number of anilines is 3. The van der Waals surface area contributed by atoms with Gasteiger partial charge in [-0.25, -0.2) is 14.4 Å². The molecule has 0 spiro atoms. The molecule has 1 aromatic heterocycles. The molecular formula is C18H16BrFN4. The maximum atomic E-state index is 12.9. The highest BCUT2D eigenvalue weighted by atomic mass is 79.9. The lowest BCUT2D eigenvalue weighted by molar-refractivity contribution is 0.627. The largest absolute Gasteiger partial charge is 0.366 e. The topological polar surface area (TPSA) is 49.8 Å². The Bertz CT molecular complexity index is 837. The van der Waals surface area contributed by atoms with Crippen LogP contribution in [0.25, 0.3) is 0 Å². The zero-order valence-corrected chi connectivity index (χ0v) is 14.6. The number of benzene rings is 2. The van der Waals surface area contributed by atoms with Crippen molar-refractivity contribution in [3.8, 4) is 0 Å². The minimum Gasteiger partial charge on any atom is -0.366 e. The third-order valence-electron chi connectivity index (χ3n) is 3.51. The monoisotopic (exact) mass is 386 g/mol. The van der Waals surface area contributed by atoms with E-state index in [1.165, 1.54) is 18.5 Å². The molecule has 0 fully saturated rings. The van der Waals surface area contributed by atoms with Crippen molar-refractivity contribution in [2.45, 2.75) is 13.5 Å². The fourth-order valence-corrected chi connectivity index (χ4v) is 2.70. The molecular weight excluding hydrogens is 371 g/mol. The molecule has 0 amide bonds. The van der Waals surface area contributed by atoms with Crippen LogP contribution in [0.2, 0.25) is 0 Å². The molecule has 24 heavy (non-hydrogen) atoms. The standard InChI is InChI=1S/C18H16BrFN4/c1-12-8-14(19)4-7-16(12)24-18-9-17(22-11-23-18)21-10-13-2-5-15(20)6-3-13/h2-9,11H,10H2,1H3,(H2,21,22,23,24). The van der Waals surface area contributed by atoms with Gasteiger partial charge in [0, 0.05) is 22.8 Å². The number of nitrogens with zero attached hydrogens (tertiary/aromatic N) is 2. The van der Waals surface area contributed by atoms with E-state index in [1.807, 2.05) is 31.2 Å². The number of hydrogen-bond donors (Lipinski definition) is 2. The molecule has 0 aliphatic rings. The highest BCUT2D eigenvalue weighted by Gasteiger charge is 2.03. The minimum atomic E-state index is -0.239. The van der Waals surface area contributed by atoms with Crippen molar-refractivity contribution in [1.82, 2.24) is 9.97 Å². The maximum absolute atomic E-state index is 12.9. The molecule has 3 rings (SSSR count). The SMILES string of the molecule is Cc1cc(Br)ccc1Nc1cc(NCc2ccc(F)cc2)ncn1. The number of aromatic nitrogens is 2. The van der Waals surface area contributed by atoms with Crippen molar-refractivity contribution < 1.29 is 4.39 Å². The molecule has 1 heterocycles. The van der Waals surface area contributed by atoms with Crippen LogP contribution in [0.15, 0.2) is 59.3 Å². The van der Waals surface area contributed by atoms with E-state index in [-0.39, 0.29) is 5.82 Å². The smallest absolute Gasteiger partial charge is 0.135 e. The first-order valence-corrected chi connectivity index (χ1v) is 8.23. The first kappa shape index (κ1) is 16.4. The quantitative estimate of drug-likeness (QED) is 0.644. The predicted octanol–water partition coefficient (Wildman–Crippen LogP) is 5.04. The van der Waals surface area contributed by atoms with Crippen LogP contribution in [0.1, 0.15) is 11.1 Å². The lowest BCUT2D eigenvalue weighted by Crippen LogP contribution is -2.03. The van der Waals surface area contributed by atoms with Crippen LogP contribution < -0.4 is 10.6 Å². The predicted molar refractivity (Wildman–Crippen MR) is 97.9 cm³/mol. The summed E-state index contributed by atoms with van der Waals surface area (Å²) in [6.07, 6.45) is 1.50. The lowest BCUT2D eigenvalue weighted by atomic mass is 10.2. The zero-order chi connectivity index (χ0) is 16.9. The summed E-state index contributed by atoms with van der Waals surface area (Å²) < 4.78 is 14.0. The van der Waals surface area contributed by atoms with Gasteiger partial charge in [0.25, 0.3) is 0 Å². The Morgan fingerprint density at radius 1 is 1.00 bits per heavy atom. The van der Waals surface area contributed by atoms with Gasteiger partial charge in [0.15, 0.2) is 0 Å². The molecule has 6 heteroatoms. The molecule has 0 aliphatic heterocycles. The Labute approximate surface area is 148 Å². The number of rotatable bonds is 5. The van der Waals surface area contributed by atoms with Crippen LogP contribution in [0, 0.1) is 12.7 Å². The van der Waals surface area contributed by atoms with Gasteiger partial charge < -0.3 is 10.6 Å². The Kier molecular flexibility index (Phi) is 5.05. The third-order valence-corrected chi connectivity index (χ3v) is 4.00. The summed E-state index contributed by atoms with van der Waals surface area (Å²) in [4.78, 5) is 8.45. The molecule has 0 atom stereocenters. The van der Waals surface area contributed by atoms with Crippen LogP contribution in [0.5, 0.6) is 0 Å². The molecule has 0 unspecified atom stereocenters. The van der Waals surface area contributed by atoms with E-state index in [1.54, 1.807) is 12.1 Å². The van der Waals surface area contributed by atoms with Gasteiger partial charge in [0.2, 0.25) is 0 Å². The lowest BCUT2D eigenvalue weighted by Gasteiger charge is -2.11. The van der Waals surface area contributed by atoms with Crippen molar-refractivity contribution in [2.24, 2.45) is 0 Å². The van der Waals surface area contributed by atoms with Gasteiger partial charge in [0.05, 0.1) is 0 Å². The van der Waals surface area contributed by atoms with Crippen molar-refractivity contribution in [1.29, 1.82) is 0 Å². The van der Waals surface area contributed by atoms with Crippen LogP contribution >= 0.6 is 15.9 Å². The van der Waals surface area contributed by atoms with E-state index >= 15 is 0 Å². The van der Waals surface area contributed by atoms with Gasteiger partial charge >= 0.3 is 0 Å². The van der Waals surface area contributed by atoms with Crippen molar-refractivity contribution in [3.63, 3.8) is 0 Å². The average molecular weight is 387 g/mol. The van der Waals surface area contributed by atoms with E-state index < -0.39 is 0 Å². The summed E-state index contributed by atoms with van der Waals surface area (Å²) in [7, 11) is 0. The summed E-state index contributed by atoms with van der Waals surface area (Å²) >= 11 is 3.45. The molecule has 122 valence electrons. The summed E-state index contributed by atoms with van der Waals surface area (Å²) in [6.45, 7) is 2.59. The highest BCUT2D eigenvalue weighted by molar-refractivity contribution is 9.10. The molecule has 0 aliphatic carbocycles. The van der Waals surface area contributed by atoms with Crippen LogP contribution in [-0.2, 0) is 6.54 Å². The maximum Gasteiger partial charge on any atom is 0.135 e. The van der Waals surface area contributed by atoms with E-state index in [0.29, 0.717) is 18.2 Å². The van der Waals surface area contributed by atoms with Gasteiger partial charge in [0.1, 0.15) is 23.8 Å². The summed E-state index contributed by atoms with van der Waals surface area (Å²) in [5.41, 5.74) is 3.08. The number of hydrogen-bond acceptors (Lipinski definition) is 4. The van der Waals surface area contributed by atoms with Crippen molar-refractivity contribution in [2.75, 3.05) is 10.6 Å². The fraction of sp³-hybridized carbons (Fsp3) is 0.111. The molecule has 2 N–H and O–H groups in total.